The molecule has 0 radical (unpaired) electrons. The Hall–Kier alpha value is -1.89. The summed E-state index contributed by atoms with van der Waals surface area (Å²) in [6, 6.07) is 7.50. The molecule has 1 saturated heterocycles. The summed E-state index contributed by atoms with van der Waals surface area (Å²) in [5, 5.41) is 10.4. The first-order chi connectivity index (χ1) is 12.5. The van der Waals surface area contributed by atoms with Crippen LogP contribution in [0.15, 0.2) is 35.0 Å². The van der Waals surface area contributed by atoms with Gasteiger partial charge in [-0.25, -0.2) is 0 Å². The number of hydrogen-bond donors (Lipinski definition) is 2. The van der Waals surface area contributed by atoms with E-state index in [1.54, 1.807) is 6.07 Å². The summed E-state index contributed by atoms with van der Waals surface area (Å²) in [7, 11) is 0. The van der Waals surface area contributed by atoms with Crippen LogP contribution in [0.2, 0.25) is 5.02 Å². The molecule has 1 fully saturated rings. The first-order valence-corrected chi connectivity index (χ1v) is 9.95. The second kappa shape index (κ2) is 8.66. The molecular formula is C19H22ClN3O2S. The second-order valence-corrected chi connectivity index (χ2v) is 7.74. The van der Waals surface area contributed by atoms with Crippen LogP contribution in [0, 0.1) is 6.92 Å². The Labute approximate surface area is 162 Å². The third-order valence-electron chi connectivity index (χ3n) is 4.53. The fourth-order valence-electron chi connectivity index (χ4n) is 2.97. The van der Waals surface area contributed by atoms with Crippen LogP contribution in [0.1, 0.15) is 28.8 Å². The maximum atomic E-state index is 12.2. The molecule has 2 aromatic rings. The fraction of sp³-hybridized carbons (Fsp3) is 0.368. The van der Waals surface area contributed by atoms with Crippen LogP contribution in [0.25, 0.3) is 0 Å². The van der Waals surface area contributed by atoms with Crippen molar-refractivity contribution in [2.45, 2.75) is 25.8 Å². The van der Waals surface area contributed by atoms with Gasteiger partial charge in [0.05, 0.1) is 6.54 Å². The Bertz CT molecular complexity index is 771. The first kappa shape index (κ1) is 18.9. The predicted octanol–water partition coefficient (Wildman–Crippen LogP) is 3.54. The lowest BCUT2D eigenvalue weighted by Gasteiger charge is -2.31. The first-order valence-electron chi connectivity index (χ1n) is 8.62. The van der Waals surface area contributed by atoms with Crippen LogP contribution in [0.3, 0.4) is 0 Å². The van der Waals surface area contributed by atoms with Crippen molar-refractivity contribution in [1.29, 1.82) is 0 Å². The normalized spacial score (nSPS) is 15.6. The van der Waals surface area contributed by atoms with Crippen LogP contribution in [0.5, 0.6) is 0 Å². The highest BCUT2D eigenvalue weighted by atomic mass is 35.5. The number of thiophene rings is 1. The van der Waals surface area contributed by atoms with Gasteiger partial charge < -0.3 is 10.6 Å². The molecule has 2 N–H and O–H groups in total. The van der Waals surface area contributed by atoms with Gasteiger partial charge >= 0.3 is 0 Å². The van der Waals surface area contributed by atoms with Crippen LogP contribution >= 0.6 is 22.9 Å². The van der Waals surface area contributed by atoms with Gasteiger partial charge in [0.1, 0.15) is 0 Å². The Balaban J connectivity index is 1.42. The minimum Gasteiger partial charge on any atom is -0.349 e. The minimum absolute atomic E-state index is 0.0151. The molecule has 2 amide bonds. The number of likely N-dealkylation sites (tertiary alicyclic amines) is 1. The predicted molar refractivity (Wildman–Crippen MR) is 106 cm³/mol. The summed E-state index contributed by atoms with van der Waals surface area (Å²) in [4.78, 5) is 26.4. The number of rotatable bonds is 5. The molecule has 0 bridgehead atoms. The molecule has 1 aromatic carbocycles. The summed E-state index contributed by atoms with van der Waals surface area (Å²) in [6.45, 7) is 3.85. The van der Waals surface area contributed by atoms with Crippen LogP contribution in [0.4, 0.5) is 5.69 Å². The molecule has 7 heteroatoms. The molecule has 26 heavy (non-hydrogen) atoms. The molecule has 1 aromatic heterocycles. The Morgan fingerprint density at radius 1 is 1.27 bits per heavy atom. The maximum Gasteiger partial charge on any atom is 0.252 e. The zero-order chi connectivity index (χ0) is 18.5. The third kappa shape index (κ3) is 5.06. The number of amides is 2. The van der Waals surface area contributed by atoms with Gasteiger partial charge in [-0.1, -0.05) is 17.7 Å². The number of piperidine rings is 1. The van der Waals surface area contributed by atoms with Gasteiger partial charge in [0, 0.05) is 40.8 Å². The Kier molecular flexibility index (Phi) is 6.29. The van der Waals surface area contributed by atoms with E-state index in [0.29, 0.717) is 22.8 Å². The number of carbonyl (C=O) groups excluding carboxylic acids is 2. The summed E-state index contributed by atoms with van der Waals surface area (Å²) < 4.78 is 0. The van der Waals surface area contributed by atoms with Gasteiger partial charge in [0.15, 0.2) is 0 Å². The lowest BCUT2D eigenvalue weighted by atomic mass is 10.0. The van der Waals surface area contributed by atoms with Crippen LogP contribution in [-0.2, 0) is 4.79 Å². The number of anilines is 1. The molecule has 2 heterocycles. The average molecular weight is 392 g/mol. The monoisotopic (exact) mass is 391 g/mol. The highest BCUT2D eigenvalue weighted by molar-refractivity contribution is 7.08. The number of carbonyl (C=O) groups is 2. The topological polar surface area (TPSA) is 61.4 Å². The largest absolute Gasteiger partial charge is 0.349 e. The van der Waals surface area contributed by atoms with Gasteiger partial charge in [0.2, 0.25) is 5.91 Å². The summed E-state index contributed by atoms with van der Waals surface area (Å²) in [5.74, 6) is -0.0654. The molecular weight excluding hydrogens is 370 g/mol. The van der Waals surface area contributed by atoms with E-state index in [9.17, 15) is 9.59 Å². The third-order valence-corrected chi connectivity index (χ3v) is 5.62. The molecule has 3 rings (SSSR count). The van der Waals surface area contributed by atoms with Crippen molar-refractivity contribution in [2.24, 2.45) is 0 Å². The zero-order valence-electron chi connectivity index (χ0n) is 14.6. The molecule has 0 atom stereocenters. The van der Waals surface area contributed by atoms with Gasteiger partial charge in [-0.15, -0.1) is 0 Å². The van der Waals surface area contributed by atoms with Gasteiger partial charge in [-0.3, -0.25) is 14.5 Å². The molecule has 5 nitrogen and oxygen atoms in total. The highest BCUT2D eigenvalue weighted by Gasteiger charge is 2.22. The van der Waals surface area contributed by atoms with E-state index < -0.39 is 0 Å². The average Bonchev–Trinajstić information content (AvgIpc) is 3.15. The summed E-state index contributed by atoms with van der Waals surface area (Å²) in [6.07, 6.45) is 1.69. The SMILES string of the molecule is Cc1ccc(NC(=O)CN2CCC(NC(=O)c3ccsc3)CC2)cc1Cl. The van der Waals surface area contributed by atoms with Crippen LogP contribution < -0.4 is 10.6 Å². The zero-order valence-corrected chi connectivity index (χ0v) is 16.2. The number of nitrogens with zero attached hydrogens (tertiary/aromatic N) is 1. The Morgan fingerprint density at radius 3 is 2.69 bits per heavy atom. The second-order valence-electron chi connectivity index (χ2n) is 6.55. The van der Waals surface area contributed by atoms with E-state index in [1.165, 1.54) is 11.3 Å². The Morgan fingerprint density at radius 2 is 2.04 bits per heavy atom. The lowest BCUT2D eigenvalue weighted by Crippen LogP contribution is -2.46. The van der Waals surface area contributed by atoms with Crippen molar-refractivity contribution in [1.82, 2.24) is 10.2 Å². The van der Waals surface area contributed by atoms with E-state index >= 15 is 0 Å². The van der Waals surface area contributed by atoms with Crippen LogP contribution in [-0.4, -0.2) is 42.4 Å². The van der Waals surface area contributed by atoms with E-state index in [1.807, 2.05) is 35.9 Å². The molecule has 0 aliphatic carbocycles. The van der Waals surface area contributed by atoms with Crippen molar-refractivity contribution in [3.63, 3.8) is 0 Å². The molecule has 1 aliphatic rings. The summed E-state index contributed by atoms with van der Waals surface area (Å²) in [5.41, 5.74) is 2.41. The molecule has 0 saturated carbocycles. The van der Waals surface area contributed by atoms with Crippen molar-refractivity contribution in [2.75, 3.05) is 25.0 Å². The van der Waals surface area contributed by atoms with Gasteiger partial charge in [0.25, 0.3) is 5.91 Å². The smallest absolute Gasteiger partial charge is 0.252 e. The number of halogens is 1. The van der Waals surface area contributed by atoms with Gasteiger partial charge in [-0.05, 0) is 48.9 Å². The van der Waals surface area contributed by atoms with Crippen molar-refractivity contribution < 1.29 is 9.59 Å². The van der Waals surface area contributed by atoms with E-state index in [-0.39, 0.29) is 17.9 Å². The highest BCUT2D eigenvalue weighted by Crippen LogP contribution is 2.20. The number of hydrogen-bond acceptors (Lipinski definition) is 4. The quantitative estimate of drug-likeness (QED) is 0.819. The van der Waals surface area contributed by atoms with E-state index in [2.05, 4.69) is 15.5 Å². The molecule has 1 aliphatic heterocycles. The van der Waals surface area contributed by atoms with Gasteiger partial charge in [-0.2, -0.15) is 11.3 Å². The van der Waals surface area contributed by atoms with E-state index in [0.717, 1.165) is 31.5 Å². The van der Waals surface area contributed by atoms with Crippen molar-refractivity contribution in [3.05, 3.63) is 51.2 Å². The fourth-order valence-corrected chi connectivity index (χ4v) is 3.79. The standard InChI is InChI=1S/C19H22ClN3O2S/c1-13-2-3-16(10-17(13)20)21-18(24)11-23-7-4-15(5-8-23)22-19(25)14-6-9-26-12-14/h2-3,6,9-10,12,15H,4-5,7-8,11H2,1H3,(H,21,24)(H,22,25). The molecule has 0 unspecified atom stereocenters. The molecule has 0 spiro atoms. The number of benzene rings is 1. The van der Waals surface area contributed by atoms with Crippen molar-refractivity contribution in [3.8, 4) is 0 Å². The summed E-state index contributed by atoms with van der Waals surface area (Å²) >= 11 is 7.61. The number of aryl methyl sites for hydroxylation is 1. The maximum absolute atomic E-state index is 12.2. The molecule has 138 valence electrons. The number of nitrogens with one attached hydrogen (secondary N) is 2. The lowest BCUT2D eigenvalue weighted by molar-refractivity contribution is -0.117. The minimum atomic E-state index is -0.0503. The van der Waals surface area contributed by atoms with E-state index in [4.69, 9.17) is 11.6 Å². The van der Waals surface area contributed by atoms with Crippen molar-refractivity contribution >= 4 is 40.4 Å².